The zero-order valence-electron chi connectivity index (χ0n) is 14.9. The van der Waals surface area contributed by atoms with Crippen molar-refractivity contribution >= 4 is 17.5 Å². The molecule has 2 amide bonds. The molecule has 1 N–H and O–H groups in total. The van der Waals surface area contributed by atoms with E-state index < -0.39 is 6.04 Å². The minimum Gasteiger partial charge on any atom is -0.496 e. The standard InChI is InChI=1S/C20H22N2O3/c1-12-9-13(2)19-16(10-12)18(21-14(3)23)20(24)22(19)11-15-7-5-6-8-17(15)25-4/h5-10,18H,11H2,1-4H3,(H,21,23)/t18-/m1/s1. The summed E-state index contributed by atoms with van der Waals surface area (Å²) in [6.07, 6.45) is 0. The number of ether oxygens (including phenoxy) is 1. The van der Waals surface area contributed by atoms with Crippen LogP contribution in [0.5, 0.6) is 5.75 Å². The topological polar surface area (TPSA) is 58.6 Å². The van der Waals surface area contributed by atoms with E-state index in [9.17, 15) is 9.59 Å². The second-order valence-corrected chi connectivity index (χ2v) is 6.39. The van der Waals surface area contributed by atoms with Crippen LogP contribution in [0.4, 0.5) is 5.69 Å². The Labute approximate surface area is 147 Å². The van der Waals surface area contributed by atoms with E-state index in [1.54, 1.807) is 12.0 Å². The SMILES string of the molecule is COc1ccccc1CN1C(=O)[C@H](NC(C)=O)c2cc(C)cc(C)c21. The van der Waals surface area contributed by atoms with Gasteiger partial charge in [-0.1, -0.05) is 35.9 Å². The number of hydrogen-bond acceptors (Lipinski definition) is 3. The van der Waals surface area contributed by atoms with Crippen molar-refractivity contribution in [1.29, 1.82) is 0 Å². The van der Waals surface area contributed by atoms with Crippen molar-refractivity contribution in [2.24, 2.45) is 0 Å². The highest BCUT2D eigenvalue weighted by molar-refractivity contribution is 6.06. The molecule has 3 rings (SSSR count). The smallest absolute Gasteiger partial charge is 0.254 e. The number of methoxy groups -OCH3 is 1. The number of nitrogens with zero attached hydrogens (tertiary/aromatic N) is 1. The Morgan fingerprint density at radius 3 is 2.64 bits per heavy atom. The van der Waals surface area contributed by atoms with E-state index in [2.05, 4.69) is 11.4 Å². The quantitative estimate of drug-likeness (QED) is 0.932. The molecule has 2 aromatic rings. The number of rotatable bonds is 4. The van der Waals surface area contributed by atoms with Gasteiger partial charge in [-0.3, -0.25) is 9.59 Å². The maximum atomic E-state index is 13.0. The third kappa shape index (κ3) is 3.09. The number of carbonyl (C=O) groups excluding carboxylic acids is 2. The van der Waals surface area contributed by atoms with Gasteiger partial charge in [0, 0.05) is 18.1 Å². The molecule has 1 aliphatic rings. The zero-order chi connectivity index (χ0) is 18.1. The summed E-state index contributed by atoms with van der Waals surface area (Å²) < 4.78 is 5.41. The van der Waals surface area contributed by atoms with Gasteiger partial charge in [-0.05, 0) is 25.5 Å². The third-order valence-electron chi connectivity index (χ3n) is 4.44. The summed E-state index contributed by atoms with van der Waals surface area (Å²) in [5.41, 5.74) is 4.74. The monoisotopic (exact) mass is 338 g/mol. The van der Waals surface area contributed by atoms with Crippen molar-refractivity contribution in [3.63, 3.8) is 0 Å². The van der Waals surface area contributed by atoms with Crippen molar-refractivity contribution in [3.05, 3.63) is 58.7 Å². The summed E-state index contributed by atoms with van der Waals surface area (Å²) in [7, 11) is 1.62. The van der Waals surface area contributed by atoms with Crippen molar-refractivity contribution in [2.45, 2.75) is 33.4 Å². The lowest BCUT2D eigenvalue weighted by atomic mass is 10.0. The average molecular weight is 338 g/mol. The van der Waals surface area contributed by atoms with E-state index in [1.807, 2.05) is 44.2 Å². The largest absolute Gasteiger partial charge is 0.496 e. The van der Waals surface area contributed by atoms with Gasteiger partial charge in [-0.25, -0.2) is 0 Å². The Morgan fingerprint density at radius 2 is 1.96 bits per heavy atom. The van der Waals surface area contributed by atoms with Crippen LogP contribution in [0.25, 0.3) is 0 Å². The second-order valence-electron chi connectivity index (χ2n) is 6.39. The summed E-state index contributed by atoms with van der Waals surface area (Å²) in [6.45, 7) is 5.81. The van der Waals surface area contributed by atoms with Crippen LogP contribution in [-0.2, 0) is 16.1 Å². The first kappa shape index (κ1) is 17.0. The normalized spacial score (nSPS) is 15.9. The number of amides is 2. The molecule has 0 unspecified atom stereocenters. The number of nitrogens with one attached hydrogen (secondary N) is 1. The molecule has 0 spiro atoms. The number of aryl methyl sites for hydroxylation is 2. The minimum atomic E-state index is -0.638. The van der Waals surface area contributed by atoms with E-state index in [-0.39, 0.29) is 11.8 Å². The lowest BCUT2D eigenvalue weighted by Gasteiger charge is -2.21. The zero-order valence-corrected chi connectivity index (χ0v) is 14.9. The number of para-hydroxylation sites is 1. The number of benzene rings is 2. The van der Waals surface area contributed by atoms with Crippen LogP contribution in [0.1, 0.15) is 35.2 Å². The third-order valence-corrected chi connectivity index (χ3v) is 4.44. The first-order valence-electron chi connectivity index (χ1n) is 8.24. The summed E-state index contributed by atoms with van der Waals surface area (Å²) in [6, 6.07) is 11.0. The molecule has 1 aliphatic heterocycles. The number of carbonyl (C=O) groups is 2. The predicted molar refractivity (Wildman–Crippen MR) is 96.7 cm³/mol. The van der Waals surface area contributed by atoms with E-state index in [0.717, 1.165) is 33.7 Å². The molecule has 1 atom stereocenters. The second kappa shape index (κ2) is 6.59. The van der Waals surface area contributed by atoms with Gasteiger partial charge in [0.2, 0.25) is 5.91 Å². The summed E-state index contributed by atoms with van der Waals surface area (Å²) >= 11 is 0. The van der Waals surface area contributed by atoms with Gasteiger partial charge < -0.3 is 15.0 Å². The first-order valence-corrected chi connectivity index (χ1v) is 8.24. The van der Waals surface area contributed by atoms with Crippen molar-refractivity contribution in [2.75, 3.05) is 12.0 Å². The highest BCUT2D eigenvalue weighted by atomic mass is 16.5. The minimum absolute atomic E-state index is 0.121. The Bertz CT molecular complexity index is 845. The Balaban J connectivity index is 2.06. The molecule has 0 aliphatic carbocycles. The molecular weight excluding hydrogens is 316 g/mol. The Hall–Kier alpha value is -2.82. The lowest BCUT2D eigenvalue weighted by molar-refractivity contribution is -0.126. The molecule has 130 valence electrons. The van der Waals surface area contributed by atoms with Gasteiger partial charge in [0.05, 0.1) is 19.3 Å². The van der Waals surface area contributed by atoms with Gasteiger partial charge in [-0.15, -0.1) is 0 Å². The Morgan fingerprint density at radius 1 is 1.24 bits per heavy atom. The van der Waals surface area contributed by atoms with E-state index in [4.69, 9.17) is 4.74 Å². The first-order chi connectivity index (χ1) is 11.9. The van der Waals surface area contributed by atoms with Gasteiger partial charge in [0.15, 0.2) is 0 Å². The fourth-order valence-corrected chi connectivity index (χ4v) is 3.48. The molecule has 0 radical (unpaired) electrons. The molecular formula is C20H22N2O3. The molecule has 0 saturated carbocycles. The van der Waals surface area contributed by atoms with Gasteiger partial charge in [0.1, 0.15) is 11.8 Å². The Kier molecular flexibility index (Phi) is 4.49. The van der Waals surface area contributed by atoms with Crippen LogP contribution in [0.3, 0.4) is 0 Å². The molecule has 0 bridgehead atoms. The lowest BCUT2D eigenvalue weighted by Crippen LogP contribution is -2.36. The maximum absolute atomic E-state index is 13.0. The van der Waals surface area contributed by atoms with Crippen molar-refractivity contribution in [3.8, 4) is 5.75 Å². The van der Waals surface area contributed by atoms with Crippen LogP contribution in [0.2, 0.25) is 0 Å². The van der Waals surface area contributed by atoms with Gasteiger partial charge in [-0.2, -0.15) is 0 Å². The molecule has 2 aromatic carbocycles. The van der Waals surface area contributed by atoms with E-state index in [0.29, 0.717) is 6.54 Å². The van der Waals surface area contributed by atoms with Gasteiger partial charge >= 0.3 is 0 Å². The fourth-order valence-electron chi connectivity index (χ4n) is 3.48. The molecule has 5 heteroatoms. The summed E-state index contributed by atoms with van der Waals surface area (Å²) in [5.74, 6) is 0.400. The molecule has 1 heterocycles. The van der Waals surface area contributed by atoms with Crippen LogP contribution < -0.4 is 15.0 Å². The average Bonchev–Trinajstić information content (AvgIpc) is 2.80. The van der Waals surface area contributed by atoms with Crippen LogP contribution in [-0.4, -0.2) is 18.9 Å². The van der Waals surface area contributed by atoms with Crippen LogP contribution in [0.15, 0.2) is 36.4 Å². The fraction of sp³-hybridized carbons (Fsp3) is 0.300. The predicted octanol–water partition coefficient (Wildman–Crippen LogP) is 3.04. The number of fused-ring (bicyclic) bond motifs is 1. The molecule has 25 heavy (non-hydrogen) atoms. The van der Waals surface area contributed by atoms with E-state index >= 15 is 0 Å². The van der Waals surface area contributed by atoms with Crippen molar-refractivity contribution in [1.82, 2.24) is 5.32 Å². The number of anilines is 1. The number of hydrogen-bond donors (Lipinski definition) is 1. The summed E-state index contributed by atoms with van der Waals surface area (Å²) in [4.78, 5) is 26.4. The highest BCUT2D eigenvalue weighted by Gasteiger charge is 2.39. The summed E-state index contributed by atoms with van der Waals surface area (Å²) in [5, 5.41) is 2.79. The van der Waals surface area contributed by atoms with E-state index in [1.165, 1.54) is 6.92 Å². The van der Waals surface area contributed by atoms with Gasteiger partial charge in [0.25, 0.3) is 5.91 Å². The van der Waals surface area contributed by atoms with Crippen molar-refractivity contribution < 1.29 is 14.3 Å². The van der Waals surface area contributed by atoms with Crippen LogP contribution in [0, 0.1) is 13.8 Å². The molecule has 5 nitrogen and oxygen atoms in total. The molecule has 0 aromatic heterocycles. The highest BCUT2D eigenvalue weighted by Crippen LogP contribution is 2.40. The molecule has 0 saturated heterocycles. The molecule has 0 fully saturated rings. The maximum Gasteiger partial charge on any atom is 0.254 e. The van der Waals surface area contributed by atoms with Crippen LogP contribution >= 0.6 is 0 Å².